The first-order valence-electron chi connectivity index (χ1n) is 14.0. The van der Waals surface area contributed by atoms with Gasteiger partial charge in [0.2, 0.25) is 0 Å². The van der Waals surface area contributed by atoms with Gasteiger partial charge in [0.1, 0.15) is 17.8 Å². The van der Waals surface area contributed by atoms with Gasteiger partial charge in [0.15, 0.2) is 5.78 Å². The number of H-pyrrole nitrogens is 1. The number of carbonyl (C=O) groups excluding carboxylic acids is 2. The number of amides is 2. The van der Waals surface area contributed by atoms with E-state index >= 15 is 4.39 Å². The number of Topliss-reactive ketones (excluding diaryl/α,β-unsaturated/α-hetero) is 1. The number of ketones is 1. The van der Waals surface area contributed by atoms with Gasteiger partial charge in [-0.15, -0.1) is 0 Å². The molecule has 0 bridgehead atoms. The van der Waals surface area contributed by atoms with E-state index in [0.717, 1.165) is 27.8 Å². The van der Waals surface area contributed by atoms with Crippen LogP contribution in [0.2, 0.25) is 0 Å². The number of nitrogens with zero attached hydrogens (tertiary/aromatic N) is 4. The number of urea groups is 1. The molecule has 0 spiro atoms. The van der Waals surface area contributed by atoms with Crippen LogP contribution in [0.15, 0.2) is 54.9 Å². The molecule has 0 saturated heterocycles. The molecular weight excluding hydrogens is 533 g/mol. The number of carbonyl (C=O) groups is 2. The Bertz CT molecular complexity index is 1690. The number of aromatic amines is 1. The number of rotatable bonds is 7. The highest BCUT2D eigenvalue weighted by Gasteiger charge is 2.23. The largest absolute Gasteiger partial charge is 0.374 e. The number of halogens is 1. The Kier molecular flexibility index (Phi) is 7.97. The highest BCUT2D eigenvalue weighted by atomic mass is 19.1. The van der Waals surface area contributed by atoms with E-state index in [1.54, 1.807) is 43.1 Å². The number of ether oxygens (including phenoxy) is 1. The average Bonchev–Trinajstić information content (AvgIpc) is 3.43. The predicted octanol–water partition coefficient (Wildman–Crippen LogP) is 6.15. The van der Waals surface area contributed by atoms with E-state index in [0.29, 0.717) is 47.5 Å². The fourth-order valence-electron chi connectivity index (χ4n) is 5.31. The molecule has 2 aromatic heterocycles. The summed E-state index contributed by atoms with van der Waals surface area (Å²) in [5, 5.41) is 0.766. The molecule has 0 aliphatic carbocycles. The van der Waals surface area contributed by atoms with Crippen molar-refractivity contribution in [1.29, 1.82) is 0 Å². The van der Waals surface area contributed by atoms with Crippen LogP contribution in [0.25, 0.3) is 27.9 Å². The van der Waals surface area contributed by atoms with Crippen molar-refractivity contribution in [2.75, 3.05) is 34.3 Å². The number of hydrogen-bond acceptors (Lipinski definition) is 5. The molecule has 1 aliphatic rings. The van der Waals surface area contributed by atoms with Gasteiger partial charge in [-0.05, 0) is 67.7 Å². The van der Waals surface area contributed by atoms with Gasteiger partial charge in [0.25, 0.3) is 0 Å². The lowest BCUT2D eigenvalue weighted by Gasteiger charge is -2.28. The third kappa shape index (κ3) is 5.69. The molecule has 218 valence electrons. The summed E-state index contributed by atoms with van der Waals surface area (Å²) >= 11 is 0. The molecule has 3 heterocycles. The van der Waals surface area contributed by atoms with Gasteiger partial charge in [0, 0.05) is 62.9 Å². The molecule has 42 heavy (non-hydrogen) atoms. The zero-order valence-electron chi connectivity index (χ0n) is 24.9. The smallest absolute Gasteiger partial charge is 0.319 e. The van der Waals surface area contributed by atoms with E-state index in [1.807, 2.05) is 45.0 Å². The molecule has 8 nitrogen and oxygen atoms in total. The summed E-state index contributed by atoms with van der Waals surface area (Å²) in [6.45, 7) is 6.96. The second-order valence-electron chi connectivity index (χ2n) is 11.4. The Morgan fingerprint density at radius 1 is 1.12 bits per heavy atom. The van der Waals surface area contributed by atoms with E-state index in [1.165, 1.54) is 18.5 Å². The van der Waals surface area contributed by atoms with Crippen molar-refractivity contribution < 1.29 is 18.7 Å². The molecule has 0 saturated carbocycles. The average molecular weight is 570 g/mol. The predicted molar refractivity (Wildman–Crippen MR) is 162 cm³/mol. The lowest BCUT2D eigenvalue weighted by Crippen LogP contribution is -2.41. The Morgan fingerprint density at radius 3 is 2.50 bits per heavy atom. The molecule has 0 atom stereocenters. The zero-order chi connectivity index (χ0) is 30.2. The lowest BCUT2D eigenvalue weighted by atomic mass is 9.92. The van der Waals surface area contributed by atoms with Gasteiger partial charge in [-0.1, -0.05) is 30.3 Å². The minimum Gasteiger partial charge on any atom is -0.374 e. The van der Waals surface area contributed by atoms with Crippen LogP contribution >= 0.6 is 0 Å². The van der Waals surface area contributed by atoms with Crippen molar-refractivity contribution in [2.24, 2.45) is 0 Å². The number of aromatic nitrogens is 3. The standard InChI is InChI=1S/C33H36FN5O3/c1-20-23(16-29(40)22-7-9-24(10-8-22)33(2,3)42-6)15-25(34)17-26(20)30-27-18-28(37-31(27)36-19-35-30)21-11-13-39(14-12-21)32(41)38(4)5/h7-11,15,17-19H,12-14,16H2,1-6H3,(H,35,36,37). The quantitative estimate of drug-likeness (QED) is 0.270. The molecule has 4 aromatic rings. The third-order valence-corrected chi connectivity index (χ3v) is 8.13. The molecule has 2 aromatic carbocycles. The maximum atomic E-state index is 15.0. The molecule has 0 radical (unpaired) electrons. The Hall–Kier alpha value is -4.37. The Balaban J connectivity index is 1.43. The molecular formula is C33H36FN5O3. The van der Waals surface area contributed by atoms with Crippen LogP contribution in [-0.2, 0) is 16.8 Å². The van der Waals surface area contributed by atoms with Gasteiger partial charge in [-0.25, -0.2) is 19.2 Å². The number of nitrogens with one attached hydrogen (secondary N) is 1. The van der Waals surface area contributed by atoms with Crippen LogP contribution < -0.4 is 0 Å². The van der Waals surface area contributed by atoms with Crippen LogP contribution in [0, 0.1) is 12.7 Å². The number of hydrogen-bond donors (Lipinski definition) is 1. The van der Waals surface area contributed by atoms with Gasteiger partial charge < -0.3 is 19.5 Å². The number of methoxy groups -OCH3 is 1. The normalized spacial score (nSPS) is 13.8. The summed E-state index contributed by atoms with van der Waals surface area (Å²) in [6.07, 6.45) is 4.27. The Labute approximate surface area is 245 Å². The van der Waals surface area contributed by atoms with Crippen molar-refractivity contribution in [3.05, 3.63) is 88.6 Å². The highest BCUT2D eigenvalue weighted by Crippen LogP contribution is 2.34. The number of fused-ring (bicyclic) bond motifs is 1. The minimum absolute atomic E-state index is 0.0157. The maximum Gasteiger partial charge on any atom is 0.319 e. The van der Waals surface area contributed by atoms with E-state index in [2.05, 4.69) is 15.0 Å². The van der Waals surface area contributed by atoms with Crippen LogP contribution in [-0.4, -0.2) is 70.9 Å². The summed E-state index contributed by atoms with van der Waals surface area (Å²) in [4.78, 5) is 41.3. The highest BCUT2D eigenvalue weighted by molar-refractivity contribution is 5.99. The summed E-state index contributed by atoms with van der Waals surface area (Å²) in [7, 11) is 5.14. The molecule has 1 N–H and O–H groups in total. The summed E-state index contributed by atoms with van der Waals surface area (Å²) in [5.74, 6) is -0.530. The molecule has 5 rings (SSSR count). The zero-order valence-corrected chi connectivity index (χ0v) is 24.9. The van der Waals surface area contributed by atoms with E-state index in [4.69, 9.17) is 4.74 Å². The van der Waals surface area contributed by atoms with Crippen molar-refractivity contribution in [3.8, 4) is 11.3 Å². The summed E-state index contributed by atoms with van der Waals surface area (Å²) in [6, 6.07) is 12.2. The fourth-order valence-corrected chi connectivity index (χ4v) is 5.31. The molecule has 9 heteroatoms. The first-order valence-corrected chi connectivity index (χ1v) is 14.0. The third-order valence-electron chi connectivity index (χ3n) is 8.13. The first-order chi connectivity index (χ1) is 20.0. The van der Waals surface area contributed by atoms with Crippen molar-refractivity contribution >= 4 is 28.4 Å². The molecule has 0 fully saturated rings. The molecule has 2 amide bonds. The first kappa shape index (κ1) is 29.1. The Morgan fingerprint density at radius 2 is 1.86 bits per heavy atom. The summed E-state index contributed by atoms with van der Waals surface area (Å²) in [5.41, 5.74) is 6.30. The molecule has 1 aliphatic heterocycles. The lowest BCUT2D eigenvalue weighted by molar-refractivity contribution is 0.0192. The van der Waals surface area contributed by atoms with Crippen molar-refractivity contribution in [2.45, 2.75) is 39.2 Å². The van der Waals surface area contributed by atoms with E-state index < -0.39 is 11.4 Å². The van der Waals surface area contributed by atoms with E-state index in [9.17, 15) is 9.59 Å². The maximum absolute atomic E-state index is 15.0. The van der Waals surface area contributed by atoms with Gasteiger partial charge in [-0.3, -0.25) is 4.79 Å². The number of benzene rings is 2. The van der Waals surface area contributed by atoms with Crippen molar-refractivity contribution in [1.82, 2.24) is 24.8 Å². The SMILES string of the molecule is COC(C)(C)c1ccc(C(=O)Cc2cc(F)cc(-c3ncnc4[nH]c(C5=CCN(C(=O)N(C)C)CC5)cc34)c2C)cc1. The van der Waals surface area contributed by atoms with Gasteiger partial charge in [0.05, 0.1) is 11.3 Å². The fraction of sp³-hybridized carbons (Fsp3) is 0.333. The van der Waals surface area contributed by atoms with Crippen molar-refractivity contribution in [3.63, 3.8) is 0 Å². The monoisotopic (exact) mass is 569 g/mol. The van der Waals surface area contributed by atoms with E-state index in [-0.39, 0.29) is 18.2 Å². The van der Waals surface area contributed by atoms with Gasteiger partial charge >= 0.3 is 6.03 Å². The molecule has 0 unspecified atom stereocenters. The van der Waals surface area contributed by atoms with Crippen LogP contribution in [0.5, 0.6) is 0 Å². The van der Waals surface area contributed by atoms with Crippen LogP contribution in [0.1, 0.15) is 53.0 Å². The second kappa shape index (κ2) is 11.5. The minimum atomic E-state index is -0.463. The van der Waals surface area contributed by atoms with Crippen LogP contribution in [0.4, 0.5) is 9.18 Å². The van der Waals surface area contributed by atoms with Gasteiger partial charge in [-0.2, -0.15) is 0 Å². The second-order valence-corrected chi connectivity index (χ2v) is 11.4. The summed E-state index contributed by atoms with van der Waals surface area (Å²) < 4.78 is 20.5. The topological polar surface area (TPSA) is 91.4 Å². The van der Waals surface area contributed by atoms with Crippen LogP contribution in [0.3, 0.4) is 0 Å².